The van der Waals surface area contributed by atoms with Crippen LogP contribution in [0.25, 0.3) is 82.8 Å². The van der Waals surface area contributed by atoms with E-state index >= 15 is 0 Å². The maximum atomic E-state index is 2.44. The summed E-state index contributed by atoms with van der Waals surface area (Å²) in [6.45, 7) is 0. The maximum absolute atomic E-state index is 2.44. The zero-order valence-corrected chi connectivity index (χ0v) is 33.0. The highest BCUT2D eigenvalue weighted by atomic mass is 15.1. The fraction of sp³-hybridized carbons (Fsp3) is 0. The van der Waals surface area contributed by atoms with Gasteiger partial charge in [0, 0.05) is 38.9 Å². The number of rotatable bonds is 8. The van der Waals surface area contributed by atoms with Crippen molar-refractivity contribution in [3.05, 3.63) is 243 Å². The first-order chi connectivity index (χ1) is 29.8. The van der Waals surface area contributed by atoms with Gasteiger partial charge in [0.05, 0.1) is 11.0 Å². The van der Waals surface area contributed by atoms with Crippen molar-refractivity contribution in [2.24, 2.45) is 0 Å². The van der Waals surface area contributed by atoms with E-state index < -0.39 is 0 Å². The summed E-state index contributed by atoms with van der Waals surface area (Å²) in [6.07, 6.45) is 0. The van der Waals surface area contributed by atoms with E-state index in [0.29, 0.717) is 0 Å². The molecule has 11 rings (SSSR count). The molecule has 0 fully saturated rings. The summed E-state index contributed by atoms with van der Waals surface area (Å²) in [5, 5.41) is 4.94. The molecular weight excluding hydrogens is 725 g/mol. The van der Waals surface area contributed by atoms with Crippen LogP contribution in [0.5, 0.6) is 0 Å². The molecule has 0 atom stereocenters. The summed E-state index contributed by atoms with van der Waals surface area (Å²) in [5.74, 6) is 0. The molecule has 2 nitrogen and oxygen atoms in total. The van der Waals surface area contributed by atoms with Gasteiger partial charge in [-0.25, -0.2) is 0 Å². The second-order valence-electron chi connectivity index (χ2n) is 15.4. The van der Waals surface area contributed by atoms with E-state index in [1.807, 2.05) is 0 Å². The molecule has 0 spiro atoms. The van der Waals surface area contributed by atoms with Gasteiger partial charge in [-0.1, -0.05) is 176 Å². The zero-order chi connectivity index (χ0) is 39.8. The largest absolute Gasteiger partial charge is 0.310 e. The van der Waals surface area contributed by atoms with E-state index in [9.17, 15) is 0 Å². The number of anilines is 3. The normalized spacial score (nSPS) is 11.3. The van der Waals surface area contributed by atoms with Gasteiger partial charge in [-0.2, -0.15) is 0 Å². The molecule has 1 heterocycles. The van der Waals surface area contributed by atoms with Crippen LogP contribution in [0.4, 0.5) is 17.1 Å². The molecule has 0 aliphatic carbocycles. The Morgan fingerprint density at radius 3 is 1.45 bits per heavy atom. The first-order valence-corrected chi connectivity index (χ1v) is 20.6. The minimum absolute atomic E-state index is 1.09. The van der Waals surface area contributed by atoms with E-state index in [2.05, 4.69) is 252 Å². The van der Waals surface area contributed by atoms with Gasteiger partial charge in [0.2, 0.25) is 0 Å². The molecule has 282 valence electrons. The SMILES string of the molecule is c1ccc(-c2cccc(-c3ccc(N(c4cccc(-c5ccccc5)c4)c4cccc(-c5cc6ccccc6c6c5c5ccccc5n6-c5ccccc5)c4)cc3)c2)cc1. The predicted octanol–water partition coefficient (Wildman–Crippen LogP) is 16.1. The molecule has 0 aliphatic rings. The molecule has 60 heavy (non-hydrogen) atoms. The van der Waals surface area contributed by atoms with Crippen molar-refractivity contribution >= 4 is 49.6 Å². The average Bonchev–Trinajstić information content (AvgIpc) is 3.68. The molecule has 11 aromatic rings. The summed E-state index contributed by atoms with van der Waals surface area (Å²) >= 11 is 0. The molecule has 0 amide bonds. The van der Waals surface area contributed by atoms with Crippen molar-refractivity contribution in [1.29, 1.82) is 0 Å². The van der Waals surface area contributed by atoms with Crippen molar-refractivity contribution in [3.63, 3.8) is 0 Å². The highest BCUT2D eigenvalue weighted by Gasteiger charge is 2.21. The Hall–Kier alpha value is -7.94. The van der Waals surface area contributed by atoms with Gasteiger partial charge >= 0.3 is 0 Å². The lowest BCUT2D eigenvalue weighted by Crippen LogP contribution is -2.10. The van der Waals surface area contributed by atoms with E-state index in [1.54, 1.807) is 0 Å². The Morgan fingerprint density at radius 1 is 0.300 bits per heavy atom. The van der Waals surface area contributed by atoms with Gasteiger partial charge in [-0.15, -0.1) is 0 Å². The molecule has 2 heteroatoms. The second kappa shape index (κ2) is 15.1. The molecule has 0 unspecified atom stereocenters. The summed E-state index contributed by atoms with van der Waals surface area (Å²) in [7, 11) is 0. The van der Waals surface area contributed by atoms with Crippen LogP contribution in [-0.2, 0) is 0 Å². The Bertz CT molecular complexity index is 3290. The maximum Gasteiger partial charge on any atom is 0.0625 e. The Kier molecular flexibility index (Phi) is 8.87. The fourth-order valence-corrected chi connectivity index (χ4v) is 8.93. The molecule has 10 aromatic carbocycles. The first kappa shape index (κ1) is 35.2. The number of para-hydroxylation sites is 2. The second-order valence-corrected chi connectivity index (χ2v) is 15.4. The monoisotopic (exact) mass is 764 g/mol. The van der Waals surface area contributed by atoms with Crippen LogP contribution < -0.4 is 4.90 Å². The summed E-state index contributed by atoms with van der Waals surface area (Å²) < 4.78 is 2.44. The first-order valence-electron chi connectivity index (χ1n) is 20.6. The third-order valence-corrected chi connectivity index (χ3v) is 11.7. The van der Waals surface area contributed by atoms with Crippen molar-refractivity contribution in [3.8, 4) is 50.2 Å². The van der Waals surface area contributed by atoms with Gasteiger partial charge in [-0.3, -0.25) is 0 Å². The Morgan fingerprint density at radius 2 is 0.783 bits per heavy atom. The fourth-order valence-electron chi connectivity index (χ4n) is 8.93. The quantitative estimate of drug-likeness (QED) is 0.150. The van der Waals surface area contributed by atoms with Crippen LogP contribution >= 0.6 is 0 Å². The van der Waals surface area contributed by atoms with Gasteiger partial charge < -0.3 is 9.47 Å². The average molecular weight is 765 g/mol. The number of nitrogens with zero attached hydrogens (tertiary/aromatic N) is 2. The molecule has 0 bridgehead atoms. The van der Waals surface area contributed by atoms with Crippen LogP contribution in [0.3, 0.4) is 0 Å². The summed E-state index contributed by atoms with van der Waals surface area (Å²) in [5.41, 5.74) is 16.4. The van der Waals surface area contributed by atoms with Crippen molar-refractivity contribution in [2.75, 3.05) is 4.90 Å². The van der Waals surface area contributed by atoms with Gasteiger partial charge in [0.15, 0.2) is 0 Å². The van der Waals surface area contributed by atoms with E-state index in [0.717, 1.165) is 28.3 Å². The van der Waals surface area contributed by atoms with Crippen molar-refractivity contribution in [1.82, 2.24) is 4.57 Å². The minimum Gasteiger partial charge on any atom is -0.310 e. The highest BCUT2D eigenvalue weighted by Crippen LogP contribution is 2.45. The van der Waals surface area contributed by atoms with Crippen LogP contribution in [0.2, 0.25) is 0 Å². The molecule has 0 N–H and O–H groups in total. The third-order valence-electron chi connectivity index (χ3n) is 11.7. The number of benzene rings is 10. The standard InChI is InChI=1S/C58H40N2/c1-4-17-41(18-5-1)44-22-14-23-45(37-44)43-33-35-50(36-34-43)59(51-28-15-24-46(38-51)42-19-6-2-7-20-42)52-29-16-25-47(39-52)55-40-48-21-10-11-30-53(48)58-57(55)54-31-12-13-32-56(54)60(58)49-26-8-3-9-27-49/h1-40H. The topological polar surface area (TPSA) is 8.17 Å². The summed E-state index contributed by atoms with van der Waals surface area (Å²) in [6, 6.07) is 87.8. The molecule has 0 aliphatic heterocycles. The highest BCUT2D eigenvalue weighted by molar-refractivity contribution is 6.24. The molecular formula is C58H40N2. The van der Waals surface area contributed by atoms with E-state index in [1.165, 1.54) is 71.5 Å². The van der Waals surface area contributed by atoms with Crippen LogP contribution in [0, 0.1) is 0 Å². The molecule has 0 saturated carbocycles. The number of hydrogen-bond donors (Lipinski definition) is 0. The minimum atomic E-state index is 1.09. The van der Waals surface area contributed by atoms with Crippen molar-refractivity contribution < 1.29 is 0 Å². The smallest absolute Gasteiger partial charge is 0.0625 e. The lowest BCUT2D eigenvalue weighted by atomic mass is 9.94. The van der Waals surface area contributed by atoms with Crippen LogP contribution in [0.15, 0.2) is 243 Å². The van der Waals surface area contributed by atoms with Crippen LogP contribution in [-0.4, -0.2) is 4.57 Å². The van der Waals surface area contributed by atoms with Gasteiger partial charge in [-0.05, 0) is 117 Å². The lowest BCUT2D eigenvalue weighted by molar-refractivity contribution is 1.19. The number of hydrogen-bond acceptors (Lipinski definition) is 1. The molecule has 0 radical (unpaired) electrons. The number of fused-ring (bicyclic) bond motifs is 5. The predicted molar refractivity (Wildman–Crippen MR) is 255 cm³/mol. The van der Waals surface area contributed by atoms with Crippen molar-refractivity contribution in [2.45, 2.75) is 0 Å². The molecule has 1 aromatic heterocycles. The van der Waals surface area contributed by atoms with E-state index in [-0.39, 0.29) is 0 Å². The number of aromatic nitrogens is 1. The summed E-state index contributed by atoms with van der Waals surface area (Å²) in [4.78, 5) is 2.39. The Balaban J connectivity index is 1.09. The third kappa shape index (κ3) is 6.32. The Labute approximate surface area is 350 Å². The molecule has 0 saturated heterocycles. The lowest BCUT2D eigenvalue weighted by Gasteiger charge is -2.27. The van der Waals surface area contributed by atoms with Gasteiger partial charge in [0.25, 0.3) is 0 Å². The van der Waals surface area contributed by atoms with Gasteiger partial charge in [0.1, 0.15) is 0 Å². The zero-order valence-electron chi connectivity index (χ0n) is 33.0. The van der Waals surface area contributed by atoms with Crippen LogP contribution in [0.1, 0.15) is 0 Å². The van der Waals surface area contributed by atoms with E-state index in [4.69, 9.17) is 0 Å².